The van der Waals surface area contributed by atoms with E-state index in [9.17, 15) is 4.39 Å². The third kappa shape index (κ3) is 4.59. The Morgan fingerprint density at radius 2 is 1.74 bits per heavy atom. The summed E-state index contributed by atoms with van der Waals surface area (Å²) < 4.78 is 27.6. The highest BCUT2D eigenvalue weighted by atomic mass is 32.1. The predicted octanol–water partition coefficient (Wildman–Crippen LogP) is 5.08. The van der Waals surface area contributed by atoms with Crippen molar-refractivity contribution in [3.8, 4) is 22.9 Å². The van der Waals surface area contributed by atoms with E-state index in [4.69, 9.17) is 21.7 Å². The highest BCUT2D eigenvalue weighted by Crippen LogP contribution is 2.32. The number of hydrogen-bond acceptors (Lipinski definition) is 5. The van der Waals surface area contributed by atoms with Crippen LogP contribution in [0.25, 0.3) is 11.4 Å². The van der Waals surface area contributed by atoms with Crippen molar-refractivity contribution in [2.75, 3.05) is 12.5 Å². The normalized spacial score (nSPS) is 10.6. The summed E-state index contributed by atoms with van der Waals surface area (Å²) in [4.78, 5) is 0. The van der Waals surface area contributed by atoms with Crippen LogP contribution in [0.15, 0.2) is 72.8 Å². The number of ether oxygens (including phenoxy) is 2. The lowest BCUT2D eigenvalue weighted by Gasteiger charge is -2.17. The Morgan fingerprint density at radius 1 is 1.00 bits per heavy atom. The molecule has 0 amide bonds. The van der Waals surface area contributed by atoms with Crippen molar-refractivity contribution >= 4 is 12.2 Å². The molecule has 8 heteroatoms. The second-order valence-electron chi connectivity index (χ2n) is 6.72. The van der Waals surface area contributed by atoms with Crippen LogP contribution in [-0.2, 0) is 13.2 Å². The number of para-hydroxylation sites is 1. The van der Waals surface area contributed by atoms with Crippen LogP contribution in [-0.4, -0.2) is 22.0 Å². The van der Waals surface area contributed by atoms with Crippen LogP contribution in [0.2, 0.25) is 0 Å². The fourth-order valence-electron chi connectivity index (χ4n) is 3.18. The number of halogens is 1. The van der Waals surface area contributed by atoms with Gasteiger partial charge in [-0.15, -0.1) is 0 Å². The molecule has 0 radical (unpaired) electrons. The van der Waals surface area contributed by atoms with E-state index in [0.717, 1.165) is 11.1 Å². The molecule has 0 aliphatic heterocycles. The molecule has 3 aromatic carbocycles. The summed E-state index contributed by atoms with van der Waals surface area (Å²) in [6, 6.07) is 21.9. The molecule has 1 heterocycles. The molecule has 4 aromatic rings. The predicted molar refractivity (Wildman–Crippen MR) is 120 cm³/mol. The van der Waals surface area contributed by atoms with Gasteiger partial charge in [-0.3, -0.25) is 0 Å². The highest BCUT2D eigenvalue weighted by Gasteiger charge is 2.14. The minimum absolute atomic E-state index is 0.0838. The van der Waals surface area contributed by atoms with Gasteiger partial charge in [-0.05, 0) is 24.4 Å². The molecule has 0 aliphatic rings. The van der Waals surface area contributed by atoms with E-state index in [2.05, 4.69) is 15.6 Å². The maximum Gasteiger partial charge on any atom is 0.214 e. The minimum Gasteiger partial charge on any atom is -0.493 e. The third-order valence-electron chi connectivity index (χ3n) is 4.74. The Morgan fingerprint density at radius 3 is 2.52 bits per heavy atom. The standard InChI is InChI=1S/C23H21FN4O2S/c1-29-20-13-7-11-17(21(20)30-15-18-10-5-6-12-19(18)24)14-25-28-22(26-27-23(28)31)16-8-3-2-4-9-16/h2-13,25H,14-15H2,1H3,(H,27,31). The van der Waals surface area contributed by atoms with Crippen LogP contribution in [0, 0.1) is 10.6 Å². The van der Waals surface area contributed by atoms with Gasteiger partial charge in [-0.1, -0.05) is 60.7 Å². The van der Waals surface area contributed by atoms with E-state index >= 15 is 0 Å². The molecular weight excluding hydrogens is 415 g/mol. The van der Waals surface area contributed by atoms with Gasteiger partial charge in [0.05, 0.1) is 13.7 Å². The number of hydrogen-bond donors (Lipinski definition) is 2. The quantitative estimate of drug-likeness (QED) is 0.377. The third-order valence-corrected chi connectivity index (χ3v) is 5.02. The van der Waals surface area contributed by atoms with E-state index in [1.807, 2.05) is 42.5 Å². The fourth-order valence-corrected chi connectivity index (χ4v) is 3.38. The summed E-state index contributed by atoms with van der Waals surface area (Å²) in [5.41, 5.74) is 5.51. The summed E-state index contributed by atoms with van der Waals surface area (Å²) in [5.74, 6) is 1.46. The Kier molecular flexibility index (Phi) is 6.28. The average molecular weight is 437 g/mol. The summed E-state index contributed by atoms with van der Waals surface area (Å²) in [7, 11) is 1.57. The monoisotopic (exact) mass is 436 g/mol. The SMILES string of the molecule is COc1cccc(CNn2c(-c3ccccc3)n[nH]c2=S)c1OCc1ccccc1F. The van der Waals surface area contributed by atoms with Crippen LogP contribution in [0.4, 0.5) is 4.39 Å². The van der Waals surface area contributed by atoms with Gasteiger partial charge in [-0.2, -0.15) is 5.10 Å². The van der Waals surface area contributed by atoms with Gasteiger partial charge < -0.3 is 14.9 Å². The largest absolute Gasteiger partial charge is 0.493 e. The van der Waals surface area contributed by atoms with Gasteiger partial charge >= 0.3 is 0 Å². The van der Waals surface area contributed by atoms with E-state index in [1.165, 1.54) is 6.07 Å². The van der Waals surface area contributed by atoms with Crippen molar-refractivity contribution in [2.45, 2.75) is 13.2 Å². The van der Waals surface area contributed by atoms with E-state index in [1.54, 1.807) is 36.1 Å². The van der Waals surface area contributed by atoms with Crippen LogP contribution in [0.5, 0.6) is 11.5 Å². The fraction of sp³-hybridized carbons (Fsp3) is 0.130. The molecule has 0 atom stereocenters. The van der Waals surface area contributed by atoms with Gasteiger partial charge in [-0.25, -0.2) is 14.2 Å². The highest BCUT2D eigenvalue weighted by molar-refractivity contribution is 7.71. The number of nitrogens with zero attached hydrogens (tertiary/aromatic N) is 2. The lowest BCUT2D eigenvalue weighted by Crippen LogP contribution is -2.16. The van der Waals surface area contributed by atoms with Crippen molar-refractivity contribution in [2.24, 2.45) is 0 Å². The number of benzene rings is 3. The van der Waals surface area contributed by atoms with Crippen molar-refractivity contribution < 1.29 is 13.9 Å². The summed E-state index contributed by atoms with van der Waals surface area (Å²) in [6.07, 6.45) is 0. The van der Waals surface area contributed by atoms with Crippen LogP contribution in [0.3, 0.4) is 0 Å². The van der Waals surface area contributed by atoms with Crippen molar-refractivity contribution in [3.63, 3.8) is 0 Å². The summed E-state index contributed by atoms with van der Waals surface area (Å²) >= 11 is 5.38. The van der Waals surface area contributed by atoms with Gasteiger partial charge in [0.2, 0.25) is 4.77 Å². The zero-order valence-electron chi connectivity index (χ0n) is 16.8. The molecule has 0 fully saturated rings. The Hall–Kier alpha value is -3.65. The lowest BCUT2D eigenvalue weighted by atomic mass is 10.1. The molecule has 1 aromatic heterocycles. The summed E-state index contributed by atoms with van der Waals surface area (Å²) in [6.45, 7) is 0.470. The molecule has 2 N–H and O–H groups in total. The molecule has 0 bridgehead atoms. The topological polar surface area (TPSA) is 64.1 Å². The summed E-state index contributed by atoms with van der Waals surface area (Å²) in [5, 5.41) is 7.14. The Bertz CT molecular complexity index is 1220. The van der Waals surface area contributed by atoms with E-state index in [-0.39, 0.29) is 12.4 Å². The zero-order chi connectivity index (χ0) is 21.6. The molecule has 0 saturated carbocycles. The Balaban J connectivity index is 1.58. The van der Waals surface area contributed by atoms with E-state index < -0.39 is 0 Å². The number of aromatic amines is 1. The molecule has 0 saturated heterocycles. The maximum atomic E-state index is 14.0. The minimum atomic E-state index is -0.311. The molecule has 158 valence electrons. The number of nitrogens with one attached hydrogen (secondary N) is 2. The van der Waals surface area contributed by atoms with Crippen molar-refractivity contribution in [1.29, 1.82) is 0 Å². The van der Waals surface area contributed by atoms with Gasteiger partial charge in [0.25, 0.3) is 0 Å². The van der Waals surface area contributed by atoms with Crippen LogP contribution < -0.4 is 14.9 Å². The Labute approximate surface area is 184 Å². The first kappa shape index (κ1) is 20.6. The van der Waals surface area contributed by atoms with Crippen molar-refractivity contribution in [3.05, 3.63) is 94.5 Å². The van der Waals surface area contributed by atoms with Gasteiger partial charge in [0, 0.05) is 16.7 Å². The second kappa shape index (κ2) is 9.44. The molecule has 31 heavy (non-hydrogen) atoms. The van der Waals surface area contributed by atoms with Crippen LogP contribution >= 0.6 is 12.2 Å². The zero-order valence-corrected chi connectivity index (χ0v) is 17.7. The average Bonchev–Trinajstić information content (AvgIpc) is 3.18. The number of H-pyrrole nitrogens is 1. The molecular formula is C23H21FN4O2S. The first-order valence-corrected chi connectivity index (χ1v) is 10.1. The number of rotatable bonds is 8. The number of aromatic nitrogens is 3. The van der Waals surface area contributed by atoms with Gasteiger partial charge in [0.1, 0.15) is 12.4 Å². The van der Waals surface area contributed by atoms with Crippen molar-refractivity contribution in [1.82, 2.24) is 14.9 Å². The molecule has 6 nitrogen and oxygen atoms in total. The molecule has 0 aliphatic carbocycles. The van der Waals surface area contributed by atoms with E-state index in [0.29, 0.717) is 34.2 Å². The first-order valence-electron chi connectivity index (χ1n) is 9.66. The molecule has 0 spiro atoms. The molecule has 4 rings (SSSR count). The lowest BCUT2D eigenvalue weighted by molar-refractivity contribution is 0.277. The second-order valence-corrected chi connectivity index (χ2v) is 7.10. The smallest absolute Gasteiger partial charge is 0.214 e. The maximum absolute atomic E-state index is 14.0. The van der Waals surface area contributed by atoms with Gasteiger partial charge in [0.15, 0.2) is 17.3 Å². The van der Waals surface area contributed by atoms with Crippen LogP contribution in [0.1, 0.15) is 11.1 Å². The molecule has 0 unspecified atom stereocenters. The number of methoxy groups -OCH3 is 1. The first-order chi connectivity index (χ1) is 15.2.